The molecule has 2 aromatic rings. The Morgan fingerprint density at radius 1 is 1.00 bits per heavy atom. The smallest absolute Gasteiger partial charge is 0.408 e. The number of nitrogens with one attached hydrogen (secondary N) is 2. The maximum atomic E-state index is 12.9. The van der Waals surface area contributed by atoms with Gasteiger partial charge >= 0.3 is 12.1 Å². The van der Waals surface area contributed by atoms with Gasteiger partial charge < -0.3 is 29.7 Å². The minimum absolute atomic E-state index is 0.0814. The number of hydrogen-bond donors (Lipinski definition) is 2. The molecule has 0 unspecified atom stereocenters. The van der Waals surface area contributed by atoms with Gasteiger partial charge in [-0.1, -0.05) is 50.6 Å². The summed E-state index contributed by atoms with van der Waals surface area (Å²) in [4.78, 5) is 40.0. The maximum absolute atomic E-state index is 12.9. The molecule has 3 rings (SSSR count). The molecule has 0 aliphatic carbocycles. The van der Waals surface area contributed by atoms with Crippen molar-refractivity contribution < 1.29 is 28.6 Å². The highest BCUT2D eigenvalue weighted by molar-refractivity contribution is 5.95. The molecule has 0 bridgehead atoms. The number of nitrogens with zero attached hydrogens (tertiary/aromatic N) is 1. The van der Waals surface area contributed by atoms with Crippen LogP contribution in [0.2, 0.25) is 0 Å². The van der Waals surface area contributed by atoms with Crippen molar-refractivity contribution in [1.29, 1.82) is 0 Å². The molecule has 1 saturated heterocycles. The molecule has 3 atom stereocenters. The number of benzene rings is 2. The average Bonchev–Trinajstić information content (AvgIpc) is 2.91. The summed E-state index contributed by atoms with van der Waals surface area (Å²) in [5.41, 5.74) is 2.48. The molecule has 0 spiro atoms. The number of carbonyl (C=O) groups is 3. The van der Waals surface area contributed by atoms with Crippen molar-refractivity contribution in [2.24, 2.45) is 5.92 Å². The Hall–Kier alpha value is -3.59. The van der Waals surface area contributed by atoms with Crippen LogP contribution in [0.3, 0.4) is 0 Å². The molecule has 36 heavy (non-hydrogen) atoms. The number of morpholine rings is 1. The minimum Gasteiger partial charge on any atom is -0.451 e. The predicted octanol–water partition coefficient (Wildman–Crippen LogP) is 3.73. The minimum atomic E-state index is -1.05. The first-order chi connectivity index (χ1) is 17.4. The van der Waals surface area contributed by atoms with Gasteiger partial charge in [0.15, 0.2) is 6.10 Å². The van der Waals surface area contributed by atoms with E-state index in [1.807, 2.05) is 68.4 Å². The Morgan fingerprint density at radius 3 is 2.31 bits per heavy atom. The quantitative estimate of drug-likeness (QED) is 0.482. The van der Waals surface area contributed by atoms with E-state index >= 15 is 0 Å². The van der Waals surface area contributed by atoms with Crippen molar-refractivity contribution >= 4 is 29.3 Å². The summed E-state index contributed by atoms with van der Waals surface area (Å²) in [6.45, 7) is 8.34. The summed E-state index contributed by atoms with van der Waals surface area (Å²) >= 11 is 0. The van der Waals surface area contributed by atoms with E-state index < -0.39 is 30.1 Å². The molecular formula is C27H35N3O6. The molecule has 1 aliphatic rings. The fourth-order valence-corrected chi connectivity index (χ4v) is 3.68. The number of anilines is 2. The molecule has 2 N–H and O–H groups in total. The topological polar surface area (TPSA) is 106 Å². The zero-order valence-electron chi connectivity index (χ0n) is 21.1. The van der Waals surface area contributed by atoms with Crippen molar-refractivity contribution in [3.8, 4) is 0 Å². The summed E-state index contributed by atoms with van der Waals surface area (Å²) < 4.78 is 16.0. The summed E-state index contributed by atoms with van der Waals surface area (Å²) in [7, 11) is 0. The van der Waals surface area contributed by atoms with Crippen LogP contribution in [0.5, 0.6) is 0 Å². The van der Waals surface area contributed by atoms with Crippen LogP contribution in [0.4, 0.5) is 16.2 Å². The second-order valence-electron chi connectivity index (χ2n) is 8.78. The lowest BCUT2D eigenvalue weighted by molar-refractivity contribution is -0.156. The van der Waals surface area contributed by atoms with Gasteiger partial charge in [0.1, 0.15) is 12.6 Å². The van der Waals surface area contributed by atoms with Gasteiger partial charge in [-0.05, 0) is 42.7 Å². The Morgan fingerprint density at radius 2 is 1.67 bits per heavy atom. The molecule has 194 valence electrons. The molecule has 9 nitrogen and oxygen atoms in total. The van der Waals surface area contributed by atoms with Crippen LogP contribution in [0.1, 0.15) is 32.8 Å². The SMILES string of the molecule is CC[C@H](C)[C@H](NC(=O)OCc1ccccc1)C(=O)O[C@@H](C)C(=O)Nc1ccc(N2CCOCC2)cc1. The number of esters is 1. The Balaban J connectivity index is 1.51. The van der Waals surface area contributed by atoms with Gasteiger partial charge in [-0.15, -0.1) is 0 Å². The van der Waals surface area contributed by atoms with Crippen LogP contribution in [0, 0.1) is 5.92 Å². The van der Waals surface area contributed by atoms with E-state index in [-0.39, 0.29) is 12.5 Å². The van der Waals surface area contributed by atoms with Crippen molar-refractivity contribution in [3.05, 3.63) is 60.2 Å². The standard InChI is InChI=1S/C27H35N3O6/c1-4-19(2)24(29-27(33)35-18-21-8-6-5-7-9-21)26(32)36-20(3)25(31)28-22-10-12-23(13-11-22)30-14-16-34-17-15-30/h5-13,19-20,24H,4,14-18H2,1-3H3,(H,28,31)(H,29,33)/t19-,20-,24-/m0/s1. The van der Waals surface area contributed by atoms with E-state index in [2.05, 4.69) is 15.5 Å². The molecular weight excluding hydrogens is 462 g/mol. The first-order valence-electron chi connectivity index (χ1n) is 12.3. The average molecular weight is 498 g/mol. The van der Waals surface area contributed by atoms with Gasteiger partial charge in [0, 0.05) is 24.5 Å². The largest absolute Gasteiger partial charge is 0.451 e. The van der Waals surface area contributed by atoms with E-state index in [4.69, 9.17) is 14.2 Å². The van der Waals surface area contributed by atoms with Crippen molar-refractivity contribution in [1.82, 2.24) is 5.32 Å². The van der Waals surface area contributed by atoms with Crippen LogP contribution in [0.25, 0.3) is 0 Å². The second-order valence-corrected chi connectivity index (χ2v) is 8.78. The third-order valence-electron chi connectivity index (χ3n) is 6.13. The maximum Gasteiger partial charge on any atom is 0.408 e. The van der Waals surface area contributed by atoms with Gasteiger partial charge in [-0.3, -0.25) is 4.79 Å². The van der Waals surface area contributed by atoms with Gasteiger partial charge in [-0.2, -0.15) is 0 Å². The molecule has 1 aliphatic heterocycles. The summed E-state index contributed by atoms with van der Waals surface area (Å²) in [6, 6.07) is 15.8. The normalized spacial score (nSPS) is 15.8. The molecule has 1 heterocycles. The Labute approximate surface area is 212 Å². The highest BCUT2D eigenvalue weighted by Gasteiger charge is 2.30. The van der Waals surface area contributed by atoms with Gasteiger partial charge in [0.25, 0.3) is 5.91 Å². The summed E-state index contributed by atoms with van der Waals surface area (Å²) in [5.74, 6) is -1.37. The Kier molecular flexibility index (Phi) is 10.1. The molecule has 0 aromatic heterocycles. The van der Waals surface area contributed by atoms with E-state index in [0.717, 1.165) is 24.3 Å². The highest BCUT2D eigenvalue weighted by Crippen LogP contribution is 2.19. The number of alkyl carbamates (subject to hydrolysis) is 1. The first-order valence-corrected chi connectivity index (χ1v) is 12.3. The number of rotatable bonds is 10. The monoisotopic (exact) mass is 497 g/mol. The van der Waals surface area contributed by atoms with Crippen LogP contribution in [0.15, 0.2) is 54.6 Å². The van der Waals surface area contributed by atoms with Crippen LogP contribution < -0.4 is 15.5 Å². The fourth-order valence-electron chi connectivity index (χ4n) is 3.68. The van der Waals surface area contributed by atoms with Crippen LogP contribution >= 0.6 is 0 Å². The van der Waals surface area contributed by atoms with Gasteiger partial charge in [0.05, 0.1) is 13.2 Å². The van der Waals surface area contributed by atoms with Gasteiger partial charge in [0.2, 0.25) is 0 Å². The highest BCUT2D eigenvalue weighted by atomic mass is 16.6. The Bertz CT molecular complexity index is 992. The number of ether oxygens (including phenoxy) is 3. The van der Waals surface area contributed by atoms with E-state index in [1.54, 1.807) is 0 Å². The van der Waals surface area contributed by atoms with E-state index in [1.165, 1.54) is 6.92 Å². The zero-order chi connectivity index (χ0) is 25.9. The summed E-state index contributed by atoms with van der Waals surface area (Å²) in [6.07, 6.45) is -1.15. The molecule has 0 radical (unpaired) electrons. The third-order valence-corrected chi connectivity index (χ3v) is 6.13. The van der Waals surface area contributed by atoms with Crippen LogP contribution in [-0.2, 0) is 30.4 Å². The first kappa shape index (κ1) is 27.0. The lowest BCUT2D eigenvalue weighted by Crippen LogP contribution is -2.47. The predicted molar refractivity (Wildman–Crippen MR) is 137 cm³/mol. The van der Waals surface area contributed by atoms with Crippen molar-refractivity contribution in [2.45, 2.75) is 45.9 Å². The lowest BCUT2D eigenvalue weighted by atomic mass is 9.99. The zero-order valence-corrected chi connectivity index (χ0v) is 21.1. The van der Waals surface area contributed by atoms with Crippen LogP contribution in [-0.4, -0.2) is 56.4 Å². The second kappa shape index (κ2) is 13.5. The molecule has 1 fully saturated rings. The number of hydrogen-bond acceptors (Lipinski definition) is 7. The van der Waals surface area contributed by atoms with E-state index in [0.29, 0.717) is 25.3 Å². The lowest BCUT2D eigenvalue weighted by Gasteiger charge is -2.29. The number of carbonyl (C=O) groups excluding carboxylic acids is 3. The molecule has 2 aromatic carbocycles. The van der Waals surface area contributed by atoms with Crippen molar-refractivity contribution in [3.63, 3.8) is 0 Å². The molecule has 0 saturated carbocycles. The van der Waals surface area contributed by atoms with Crippen molar-refractivity contribution in [2.75, 3.05) is 36.5 Å². The number of amides is 2. The molecule has 9 heteroatoms. The fraction of sp³-hybridized carbons (Fsp3) is 0.444. The van der Waals surface area contributed by atoms with Gasteiger partial charge in [-0.25, -0.2) is 9.59 Å². The van der Waals surface area contributed by atoms with E-state index in [9.17, 15) is 14.4 Å². The third kappa shape index (κ3) is 7.98. The molecule has 2 amide bonds. The summed E-state index contributed by atoms with van der Waals surface area (Å²) in [5, 5.41) is 5.36.